The first-order valence-electron chi connectivity index (χ1n) is 8.14. The Morgan fingerprint density at radius 2 is 1.94 bits per heavy atom. The highest BCUT2D eigenvalue weighted by Crippen LogP contribution is 2.35. The second-order valence-electron chi connectivity index (χ2n) is 6.83. The summed E-state index contributed by atoms with van der Waals surface area (Å²) in [5, 5.41) is 3.73. The van der Waals surface area contributed by atoms with E-state index in [4.69, 9.17) is 0 Å². The molecule has 0 aromatic rings. The van der Waals surface area contributed by atoms with Crippen molar-refractivity contribution in [3.63, 3.8) is 0 Å². The predicted octanol–water partition coefficient (Wildman–Crippen LogP) is 3.42. The summed E-state index contributed by atoms with van der Waals surface area (Å²) in [6.07, 6.45) is 9.79. The van der Waals surface area contributed by atoms with Crippen LogP contribution in [0.15, 0.2) is 0 Å². The van der Waals surface area contributed by atoms with Gasteiger partial charge in [0.1, 0.15) is 0 Å². The molecule has 0 aromatic heterocycles. The van der Waals surface area contributed by atoms with Crippen LogP contribution in [0.3, 0.4) is 0 Å². The van der Waals surface area contributed by atoms with Gasteiger partial charge in [0.05, 0.1) is 0 Å². The predicted molar refractivity (Wildman–Crippen MR) is 78.9 cm³/mol. The van der Waals surface area contributed by atoms with E-state index in [0.29, 0.717) is 5.54 Å². The van der Waals surface area contributed by atoms with Gasteiger partial charge in [-0.3, -0.25) is 4.90 Å². The third kappa shape index (κ3) is 3.27. The van der Waals surface area contributed by atoms with Crippen LogP contribution in [-0.2, 0) is 0 Å². The molecule has 106 valence electrons. The molecule has 2 atom stereocenters. The second-order valence-corrected chi connectivity index (χ2v) is 6.83. The molecule has 2 aliphatic rings. The maximum atomic E-state index is 3.73. The van der Waals surface area contributed by atoms with Crippen LogP contribution in [0.4, 0.5) is 0 Å². The SMILES string of the molecule is CCCNC1CCN(C2(C)CCCCC2)CC1C. The molecule has 2 nitrogen and oxygen atoms in total. The van der Waals surface area contributed by atoms with E-state index in [-0.39, 0.29) is 0 Å². The van der Waals surface area contributed by atoms with Crippen LogP contribution in [-0.4, -0.2) is 36.1 Å². The molecule has 2 heteroatoms. The zero-order chi connectivity index (χ0) is 13.0. The number of rotatable bonds is 4. The molecule has 1 aliphatic carbocycles. The molecule has 1 heterocycles. The van der Waals surface area contributed by atoms with Gasteiger partial charge < -0.3 is 5.32 Å². The van der Waals surface area contributed by atoms with Crippen molar-refractivity contribution in [1.82, 2.24) is 10.2 Å². The molecule has 18 heavy (non-hydrogen) atoms. The van der Waals surface area contributed by atoms with Crippen molar-refractivity contribution < 1.29 is 0 Å². The van der Waals surface area contributed by atoms with Gasteiger partial charge in [0.2, 0.25) is 0 Å². The third-order valence-corrected chi connectivity index (χ3v) is 5.26. The van der Waals surface area contributed by atoms with Crippen LogP contribution in [0.5, 0.6) is 0 Å². The zero-order valence-corrected chi connectivity index (χ0v) is 12.7. The molecule has 2 rings (SSSR count). The standard InChI is InChI=1S/C16H32N2/c1-4-11-17-15-8-12-18(13-14(15)2)16(3)9-6-5-7-10-16/h14-15,17H,4-13H2,1-3H3. The fraction of sp³-hybridized carbons (Fsp3) is 1.00. The molecule has 1 N–H and O–H groups in total. The van der Waals surface area contributed by atoms with Crippen LogP contribution in [0.25, 0.3) is 0 Å². The van der Waals surface area contributed by atoms with Gasteiger partial charge in [-0.25, -0.2) is 0 Å². The van der Waals surface area contributed by atoms with Crippen molar-refractivity contribution in [2.24, 2.45) is 5.92 Å². The fourth-order valence-electron chi connectivity index (χ4n) is 3.90. The van der Waals surface area contributed by atoms with Crippen LogP contribution >= 0.6 is 0 Å². The summed E-state index contributed by atoms with van der Waals surface area (Å²) in [7, 11) is 0. The monoisotopic (exact) mass is 252 g/mol. The molecular formula is C16H32N2. The molecule has 1 saturated heterocycles. The Bertz CT molecular complexity index is 245. The van der Waals surface area contributed by atoms with Crippen molar-refractivity contribution in [2.75, 3.05) is 19.6 Å². The van der Waals surface area contributed by atoms with Gasteiger partial charge in [-0.2, -0.15) is 0 Å². The Hall–Kier alpha value is -0.0800. The molecular weight excluding hydrogens is 220 g/mol. The minimum Gasteiger partial charge on any atom is -0.314 e. The van der Waals surface area contributed by atoms with Gasteiger partial charge in [-0.05, 0) is 45.1 Å². The van der Waals surface area contributed by atoms with E-state index in [9.17, 15) is 0 Å². The van der Waals surface area contributed by atoms with Gasteiger partial charge in [0, 0.05) is 24.7 Å². The Morgan fingerprint density at radius 1 is 1.22 bits per heavy atom. The first kappa shape index (κ1) is 14.3. The molecule has 0 amide bonds. The van der Waals surface area contributed by atoms with Gasteiger partial charge in [0.25, 0.3) is 0 Å². The normalized spacial score (nSPS) is 33.5. The van der Waals surface area contributed by atoms with Crippen LogP contribution in [0, 0.1) is 5.92 Å². The first-order chi connectivity index (χ1) is 8.65. The maximum absolute atomic E-state index is 3.73. The Kier molecular flexibility index (Phi) is 5.08. The second kappa shape index (κ2) is 6.38. The van der Waals surface area contributed by atoms with Gasteiger partial charge in [-0.1, -0.05) is 33.1 Å². The van der Waals surface area contributed by atoms with E-state index in [1.54, 1.807) is 0 Å². The quantitative estimate of drug-likeness (QED) is 0.825. The topological polar surface area (TPSA) is 15.3 Å². The van der Waals surface area contributed by atoms with E-state index in [2.05, 4.69) is 31.0 Å². The van der Waals surface area contributed by atoms with Crippen molar-refractivity contribution >= 4 is 0 Å². The smallest absolute Gasteiger partial charge is 0.0181 e. The highest BCUT2D eigenvalue weighted by molar-refractivity contribution is 4.94. The van der Waals surface area contributed by atoms with Crippen molar-refractivity contribution in [3.8, 4) is 0 Å². The van der Waals surface area contributed by atoms with Gasteiger partial charge in [-0.15, -0.1) is 0 Å². The minimum absolute atomic E-state index is 0.516. The lowest BCUT2D eigenvalue weighted by Gasteiger charge is -2.49. The summed E-state index contributed by atoms with van der Waals surface area (Å²) in [6.45, 7) is 11.0. The summed E-state index contributed by atoms with van der Waals surface area (Å²) < 4.78 is 0. The lowest BCUT2D eigenvalue weighted by molar-refractivity contribution is 0.0190. The van der Waals surface area contributed by atoms with Gasteiger partial charge >= 0.3 is 0 Å². The molecule has 0 bridgehead atoms. The largest absolute Gasteiger partial charge is 0.314 e. The summed E-state index contributed by atoms with van der Waals surface area (Å²) in [5.74, 6) is 0.809. The Balaban J connectivity index is 1.86. The average molecular weight is 252 g/mol. The van der Waals surface area contributed by atoms with Crippen molar-refractivity contribution in [3.05, 3.63) is 0 Å². The molecule has 2 unspecified atom stereocenters. The van der Waals surface area contributed by atoms with E-state index in [1.807, 2.05) is 0 Å². The first-order valence-corrected chi connectivity index (χ1v) is 8.14. The van der Waals surface area contributed by atoms with Crippen molar-refractivity contribution in [1.29, 1.82) is 0 Å². The van der Waals surface area contributed by atoms with Crippen LogP contribution in [0.1, 0.15) is 65.7 Å². The summed E-state index contributed by atoms with van der Waals surface area (Å²) in [5.41, 5.74) is 0.516. The number of nitrogens with zero attached hydrogens (tertiary/aromatic N) is 1. The van der Waals surface area contributed by atoms with E-state index in [0.717, 1.165) is 12.0 Å². The number of nitrogens with one attached hydrogen (secondary N) is 1. The molecule has 2 fully saturated rings. The molecule has 1 saturated carbocycles. The third-order valence-electron chi connectivity index (χ3n) is 5.26. The number of hydrogen-bond donors (Lipinski definition) is 1. The average Bonchev–Trinajstić information content (AvgIpc) is 2.38. The maximum Gasteiger partial charge on any atom is 0.0181 e. The van der Waals surface area contributed by atoms with Crippen LogP contribution in [0.2, 0.25) is 0 Å². The Morgan fingerprint density at radius 3 is 2.56 bits per heavy atom. The Labute approximate surface area is 114 Å². The van der Waals surface area contributed by atoms with Crippen molar-refractivity contribution in [2.45, 2.75) is 77.3 Å². The number of likely N-dealkylation sites (tertiary alicyclic amines) is 1. The van der Waals surface area contributed by atoms with Gasteiger partial charge in [0.15, 0.2) is 0 Å². The molecule has 1 aliphatic heterocycles. The fourth-order valence-corrected chi connectivity index (χ4v) is 3.90. The summed E-state index contributed by atoms with van der Waals surface area (Å²) >= 11 is 0. The number of piperidine rings is 1. The van der Waals surface area contributed by atoms with E-state index < -0.39 is 0 Å². The lowest BCUT2D eigenvalue weighted by Crippen LogP contribution is -2.56. The lowest BCUT2D eigenvalue weighted by atomic mass is 9.79. The highest BCUT2D eigenvalue weighted by Gasteiger charge is 2.37. The number of hydrogen-bond acceptors (Lipinski definition) is 2. The molecule has 0 radical (unpaired) electrons. The summed E-state index contributed by atoms with van der Waals surface area (Å²) in [6, 6.07) is 0.758. The van der Waals surface area contributed by atoms with E-state index in [1.165, 1.54) is 64.6 Å². The zero-order valence-electron chi connectivity index (χ0n) is 12.7. The molecule has 0 aromatic carbocycles. The summed E-state index contributed by atoms with van der Waals surface area (Å²) in [4.78, 5) is 2.81. The van der Waals surface area contributed by atoms with Crippen LogP contribution < -0.4 is 5.32 Å². The molecule has 0 spiro atoms. The highest BCUT2D eigenvalue weighted by atomic mass is 15.2. The minimum atomic E-state index is 0.516. The van der Waals surface area contributed by atoms with E-state index >= 15 is 0 Å².